The van der Waals surface area contributed by atoms with Gasteiger partial charge in [0.25, 0.3) is 11.8 Å². The van der Waals surface area contributed by atoms with Crippen LogP contribution in [0.15, 0.2) is 36.4 Å². The summed E-state index contributed by atoms with van der Waals surface area (Å²) in [7, 11) is 3.05. The third-order valence-electron chi connectivity index (χ3n) is 3.34. The van der Waals surface area contributed by atoms with Gasteiger partial charge in [-0.3, -0.25) is 9.59 Å². The SMILES string of the molecule is COc1ccc(NC(=O)c2cccc(C(=O)NC(C)(C)C)n2)cc1OC. The summed E-state index contributed by atoms with van der Waals surface area (Å²) in [5.74, 6) is 0.293. The minimum atomic E-state index is -0.428. The number of nitrogens with zero attached hydrogens (tertiary/aromatic N) is 1. The van der Waals surface area contributed by atoms with E-state index in [-0.39, 0.29) is 17.3 Å². The predicted octanol–water partition coefficient (Wildman–Crippen LogP) is 2.88. The fourth-order valence-corrected chi connectivity index (χ4v) is 2.20. The first-order valence-electron chi connectivity index (χ1n) is 8.06. The molecule has 0 bridgehead atoms. The van der Waals surface area contributed by atoms with Crippen LogP contribution >= 0.6 is 0 Å². The molecule has 0 saturated heterocycles. The van der Waals surface area contributed by atoms with Gasteiger partial charge in [-0.1, -0.05) is 6.07 Å². The van der Waals surface area contributed by atoms with Crippen LogP contribution < -0.4 is 20.1 Å². The largest absolute Gasteiger partial charge is 0.493 e. The van der Waals surface area contributed by atoms with Crippen LogP contribution in [0.4, 0.5) is 5.69 Å². The Morgan fingerprint density at radius 1 is 0.923 bits per heavy atom. The summed E-state index contributed by atoms with van der Waals surface area (Å²) in [5, 5.41) is 5.55. The topological polar surface area (TPSA) is 89.5 Å². The summed E-state index contributed by atoms with van der Waals surface area (Å²) in [4.78, 5) is 28.8. The standard InChI is InChI=1S/C19H23N3O4/c1-19(2,3)22-18(24)14-8-6-7-13(21-14)17(23)20-12-9-10-15(25-4)16(11-12)26-5/h6-11H,1-5H3,(H,20,23)(H,22,24). The highest BCUT2D eigenvalue weighted by Crippen LogP contribution is 2.29. The second kappa shape index (κ2) is 7.86. The molecule has 0 aliphatic carbocycles. The molecule has 0 atom stereocenters. The van der Waals surface area contributed by atoms with Crippen LogP contribution in [0.1, 0.15) is 41.7 Å². The number of rotatable bonds is 5. The van der Waals surface area contributed by atoms with Crippen LogP contribution in [-0.4, -0.2) is 36.6 Å². The number of hydrogen-bond donors (Lipinski definition) is 2. The monoisotopic (exact) mass is 357 g/mol. The summed E-state index contributed by atoms with van der Waals surface area (Å²) in [6.07, 6.45) is 0. The van der Waals surface area contributed by atoms with Gasteiger partial charge in [0.2, 0.25) is 0 Å². The number of benzene rings is 1. The highest BCUT2D eigenvalue weighted by molar-refractivity contribution is 6.04. The lowest BCUT2D eigenvalue weighted by molar-refractivity contribution is 0.0914. The second-order valence-electron chi connectivity index (χ2n) is 6.64. The van der Waals surface area contributed by atoms with Gasteiger partial charge < -0.3 is 20.1 Å². The smallest absolute Gasteiger partial charge is 0.274 e. The van der Waals surface area contributed by atoms with Crippen molar-refractivity contribution in [3.8, 4) is 11.5 Å². The molecule has 138 valence electrons. The first-order chi connectivity index (χ1) is 12.2. The summed E-state index contributed by atoms with van der Waals surface area (Å²) >= 11 is 0. The van der Waals surface area contributed by atoms with Crippen molar-refractivity contribution in [3.63, 3.8) is 0 Å². The van der Waals surface area contributed by atoms with E-state index in [1.807, 2.05) is 20.8 Å². The highest BCUT2D eigenvalue weighted by atomic mass is 16.5. The first kappa shape index (κ1) is 19.2. The average molecular weight is 357 g/mol. The van der Waals surface area contributed by atoms with E-state index in [9.17, 15) is 9.59 Å². The minimum Gasteiger partial charge on any atom is -0.493 e. The fourth-order valence-electron chi connectivity index (χ4n) is 2.20. The number of carbonyl (C=O) groups is 2. The van der Waals surface area contributed by atoms with Gasteiger partial charge >= 0.3 is 0 Å². The molecule has 7 nitrogen and oxygen atoms in total. The van der Waals surface area contributed by atoms with E-state index in [4.69, 9.17) is 9.47 Å². The zero-order chi connectivity index (χ0) is 19.3. The van der Waals surface area contributed by atoms with Gasteiger partial charge in [-0.05, 0) is 45.0 Å². The average Bonchev–Trinajstić information content (AvgIpc) is 2.60. The van der Waals surface area contributed by atoms with Crippen molar-refractivity contribution in [2.45, 2.75) is 26.3 Å². The third kappa shape index (κ3) is 4.95. The number of methoxy groups -OCH3 is 2. The van der Waals surface area contributed by atoms with E-state index in [1.54, 1.807) is 36.4 Å². The Balaban J connectivity index is 2.18. The number of hydrogen-bond acceptors (Lipinski definition) is 5. The molecular formula is C19H23N3O4. The van der Waals surface area contributed by atoms with Gasteiger partial charge in [-0.2, -0.15) is 0 Å². The Morgan fingerprint density at radius 3 is 2.12 bits per heavy atom. The number of carbonyl (C=O) groups excluding carboxylic acids is 2. The first-order valence-corrected chi connectivity index (χ1v) is 8.06. The molecule has 0 radical (unpaired) electrons. The van der Waals surface area contributed by atoms with E-state index >= 15 is 0 Å². The molecule has 0 spiro atoms. The minimum absolute atomic E-state index is 0.140. The van der Waals surface area contributed by atoms with Gasteiger partial charge in [-0.25, -0.2) is 4.98 Å². The summed E-state index contributed by atoms with van der Waals surface area (Å²) in [6.45, 7) is 5.62. The third-order valence-corrected chi connectivity index (χ3v) is 3.34. The van der Waals surface area contributed by atoms with Crippen molar-refractivity contribution in [1.29, 1.82) is 0 Å². The van der Waals surface area contributed by atoms with Crippen LogP contribution in [0.3, 0.4) is 0 Å². The summed E-state index contributed by atoms with van der Waals surface area (Å²) < 4.78 is 10.4. The molecule has 2 N–H and O–H groups in total. The van der Waals surface area contributed by atoms with Crippen LogP contribution in [0.2, 0.25) is 0 Å². The molecule has 1 aromatic heterocycles. The zero-order valence-corrected chi connectivity index (χ0v) is 15.5. The molecule has 7 heteroatoms. The van der Waals surface area contributed by atoms with Crippen molar-refractivity contribution in [1.82, 2.24) is 10.3 Å². The molecule has 0 unspecified atom stereocenters. The van der Waals surface area contributed by atoms with Crippen LogP contribution in [-0.2, 0) is 0 Å². The van der Waals surface area contributed by atoms with Crippen molar-refractivity contribution >= 4 is 17.5 Å². The molecule has 0 fully saturated rings. The van der Waals surface area contributed by atoms with Gasteiger partial charge in [-0.15, -0.1) is 0 Å². The Kier molecular flexibility index (Phi) is 5.82. The van der Waals surface area contributed by atoms with E-state index in [0.717, 1.165) is 0 Å². The Morgan fingerprint density at radius 2 is 1.54 bits per heavy atom. The van der Waals surface area contributed by atoms with E-state index in [1.165, 1.54) is 14.2 Å². The van der Waals surface area contributed by atoms with Crippen LogP contribution in [0, 0.1) is 0 Å². The normalized spacial score (nSPS) is 10.8. The van der Waals surface area contributed by atoms with Crippen molar-refractivity contribution in [2.75, 3.05) is 19.5 Å². The van der Waals surface area contributed by atoms with Crippen molar-refractivity contribution in [2.24, 2.45) is 0 Å². The van der Waals surface area contributed by atoms with Gasteiger partial charge in [0.05, 0.1) is 14.2 Å². The number of anilines is 1. The lowest BCUT2D eigenvalue weighted by Gasteiger charge is -2.20. The summed E-state index contributed by atoms with van der Waals surface area (Å²) in [5.41, 5.74) is 0.455. The lowest BCUT2D eigenvalue weighted by Crippen LogP contribution is -2.41. The van der Waals surface area contributed by atoms with Crippen molar-refractivity contribution < 1.29 is 19.1 Å². The van der Waals surface area contributed by atoms with E-state index in [0.29, 0.717) is 17.2 Å². The highest BCUT2D eigenvalue weighted by Gasteiger charge is 2.18. The van der Waals surface area contributed by atoms with Gasteiger partial charge in [0.15, 0.2) is 11.5 Å². The maximum Gasteiger partial charge on any atom is 0.274 e. The number of pyridine rings is 1. The molecule has 1 heterocycles. The predicted molar refractivity (Wildman–Crippen MR) is 99.0 cm³/mol. The zero-order valence-electron chi connectivity index (χ0n) is 15.5. The maximum absolute atomic E-state index is 12.5. The second-order valence-corrected chi connectivity index (χ2v) is 6.64. The molecular weight excluding hydrogens is 334 g/mol. The Bertz CT molecular complexity index is 813. The van der Waals surface area contributed by atoms with E-state index in [2.05, 4.69) is 15.6 Å². The number of ether oxygens (including phenoxy) is 2. The van der Waals surface area contributed by atoms with Crippen LogP contribution in [0.25, 0.3) is 0 Å². The molecule has 2 rings (SSSR count). The summed E-state index contributed by atoms with van der Waals surface area (Å²) in [6, 6.07) is 9.75. The molecule has 2 aromatic rings. The molecule has 2 amide bonds. The maximum atomic E-state index is 12.5. The molecule has 26 heavy (non-hydrogen) atoms. The number of amides is 2. The van der Waals surface area contributed by atoms with Crippen molar-refractivity contribution in [3.05, 3.63) is 47.8 Å². The number of aromatic nitrogens is 1. The fraction of sp³-hybridized carbons (Fsp3) is 0.316. The number of nitrogens with one attached hydrogen (secondary N) is 2. The molecule has 0 aliphatic rings. The van der Waals surface area contributed by atoms with Gasteiger partial charge in [0.1, 0.15) is 11.4 Å². The van der Waals surface area contributed by atoms with E-state index < -0.39 is 11.4 Å². The molecule has 0 aliphatic heterocycles. The van der Waals surface area contributed by atoms with Gasteiger partial charge in [0, 0.05) is 17.3 Å². The van der Waals surface area contributed by atoms with Crippen LogP contribution in [0.5, 0.6) is 11.5 Å². The molecule has 0 saturated carbocycles. The lowest BCUT2D eigenvalue weighted by atomic mass is 10.1. The Labute approximate surface area is 152 Å². The molecule has 1 aromatic carbocycles. The quantitative estimate of drug-likeness (QED) is 0.859. The Hall–Kier alpha value is -3.09.